The highest BCUT2D eigenvalue weighted by Gasteiger charge is 2.22. The van der Waals surface area contributed by atoms with Crippen LogP contribution in [0, 0.1) is 6.92 Å². The minimum Gasteiger partial charge on any atom is -0.371 e. The zero-order valence-electron chi connectivity index (χ0n) is 13.2. The van der Waals surface area contributed by atoms with Crippen molar-refractivity contribution in [3.63, 3.8) is 0 Å². The largest absolute Gasteiger partial charge is 0.371 e. The molecule has 0 aromatic heterocycles. The van der Waals surface area contributed by atoms with Crippen LogP contribution in [0.15, 0.2) is 18.2 Å². The van der Waals surface area contributed by atoms with Crippen LogP contribution >= 0.6 is 0 Å². The lowest BCUT2D eigenvalue weighted by molar-refractivity contribution is 0.221. The molecule has 1 aromatic rings. The van der Waals surface area contributed by atoms with Gasteiger partial charge in [0.25, 0.3) is 0 Å². The maximum atomic E-state index is 5.64. The molecule has 1 aliphatic rings. The second-order valence-corrected chi connectivity index (χ2v) is 5.94. The Kier molecular flexibility index (Phi) is 5.44. The molecule has 0 amide bonds. The summed E-state index contributed by atoms with van der Waals surface area (Å²) in [6.07, 6.45) is 3.52. The van der Waals surface area contributed by atoms with Gasteiger partial charge in [0.1, 0.15) is 0 Å². The number of benzene rings is 1. The fourth-order valence-electron chi connectivity index (χ4n) is 3.26. The summed E-state index contributed by atoms with van der Waals surface area (Å²) in [4.78, 5) is 5.02. The van der Waals surface area contributed by atoms with Crippen LogP contribution in [-0.4, -0.2) is 44.2 Å². The van der Waals surface area contributed by atoms with Gasteiger partial charge in [-0.3, -0.25) is 0 Å². The summed E-state index contributed by atoms with van der Waals surface area (Å²) in [6.45, 7) is 8.84. The van der Waals surface area contributed by atoms with Gasteiger partial charge in [0.15, 0.2) is 0 Å². The van der Waals surface area contributed by atoms with Crippen molar-refractivity contribution in [2.45, 2.75) is 39.2 Å². The Bertz CT molecular complexity index is 422. The van der Waals surface area contributed by atoms with Gasteiger partial charge in [0.2, 0.25) is 0 Å². The summed E-state index contributed by atoms with van der Waals surface area (Å²) in [5.74, 6) is 0. The first-order chi connectivity index (χ1) is 9.65. The average molecular weight is 275 g/mol. The molecule has 0 radical (unpaired) electrons. The third-order valence-corrected chi connectivity index (χ3v) is 4.63. The van der Waals surface area contributed by atoms with Gasteiger partial charge >= 0.3 is 0 Å². The molecule has 3 nitrogen and oxygen atoms in total. The van der Waals surface area contributed by atoms with Crippen LogP contribution in [0.2, 0.25) is 0 Å². The molecule has 112 valence electrons. The minimum atomic E-state index is 0.678. The predicted molar refractivity (Wildman–Crippen MR) is 87.5 cm³/mol. The lowest BCUT2D eigenvalue weighted by Gasteiger charge is -2.38. The zero-order valence-corrected chi connectivity index (χ0v) is 13.2. The molecule has 3 heteroatoms. The monoisotopic (exact) mass is 275 g/mol. The van der Waals surface area contributed by atoms with E-state index in [1.807, 2.05) is 0 Å². The van der Waals surface area contributed by atoms with Gasteiger partial charge in [-0.05, 0) is 56.5 Å². The van der Waals surface area contributed by atoms with E-state index >= 15 is 0 Å². The van der Waals surface area contributed by atoms with E-state index in [-0.39, 0.29) is 0 Å². The number of anilines is 1. The normalized spacial score (nSPS) is 17.4. The van der Waals surface area contributed by atoms with Crippen LogP contribution in [0.4, 0.5) is 5.69 Å². The number of hydrogen-bond donors (Lipinski definition) is 1. The van der Waals surface area contributed by atoms with E-state index in [1.165, 1.54) is 49.3 Å². The molecule has 1 saturated heterocycles. The van der Waals surface area contributed by atoms with Gasteiger partial charge in [-0.1, -0.05) is 19.1 Å². The first kappa shape index (κ1) is 15.3. The van der Waals surface area contributed by atoms with Gasteiger partial charge in [0, 0.05) is 31.9 Å². The molecule has 0 saturated carbocycles. The van der Waals surface area contributed by atoms with Crippen molar-refractivity contribution in [3.8, 4) is 0 Å². The van der Waals surface area contributed by atoms with E-state index in [0.29, 0.717) is 6.04 Å². The van der Waals surface area contributed by atoms with E-state index < -0.39 is 0 Å². The molecular weight excluding hydrogens is 246 g/mol. The standard InChI is InChI=1S/C17H29N3/c1-4-20-11-8-16(9-12-20)19(3)17-6-5-15(7-10-18)13-14(17)2/h5-6,13,16H,4,7-12,18H2,1-3H3. The van der Waals surface area contributed by atoms with Crippen molar-refractivity contribution >= 4 is 5.69 Å². The Hall–Kier alpha value is -1.06. The molecule has 1 aliphatic heterocycles. The van der Waals surface area contributed by atoms with Crippen molar-refractivity contribution in [2.24, 2.45) is 5.73 Å². The molecule has 1 heterocycles. The van der Waals surface area contributed by atoms with Gasteiger partial charge in [-0.2, -0.15) is 0 Å². The topological polar surface area (TPSA) is 32.5 Å². The van der Waals surface area contributed by atoms with Crippen LogP contribution in [0.1, 0.15) is 30.9 Å². The highest BCUT2D eigenvalue weighted by molar-refractivity contribution is 5.54. The van der Waals surface area contributed by atoms with E-state index in [2.05, 4.69) is 48.9 Å². The lowest BCUT2D eigenvalue weighted by atomic mass is 10.0. The minimum absolute atomic E-state index is 0.678. The van der Waals surface area contributed by atoms with Gasteiger partial charge in [-0.25, -0.2) is 0 Å². The van der Waals surface area contributed by atoms with Crippen LogP contribution < -0.4 is 10.6 Å². The summed E-state index contributed by atoms with van der Waals surface area (Å²) >= 11 is 0. The highest BCUT2D eigenvalue weighted by Crippen LogP contribution is 2.26. The summed E-state index contributed by atoms with van der Waals surface area (Å²) in [6, 6.07) is 7.47. The molecule has 0 bridgehead atoms. The van der Waals surface area contributed by atoms with Crippen LogP contribution in [0.25, 0.3) is 0 Å². The number of hydrogen-bond acceptors (Lipinski definition) is 3. The molecule has 0 unspecified atom stereocenters. The summed E-state index contributed by atoms with van der Waals surface area (Å²) in [7, 11) is 2.25. The van der Waals surface area contributed by atoms with Crippen molar-refractivity contribution in [3.05, 3.63) is 29.3 Å². The second kappa shape index (κ2) is 7.09. The Morgan fingerprint density at radius 3 is 2.55 bits per heavy atom. The number of aryl methyl sites for hydroxylation is 1. The molecule has 1 aromatic carbocycles. The Labute approximate surface area is 123 Å². The van der Waals surface area contributed by atoms with Crippen molar-refractivity contribution in [1.29, 1.82) is 0 Å². The van der Waals surface area contributed by atoms with E-state index in [1.54, 1.807) is 0 Å². The average Bonchev–Trinajstić information content (AvgIpc) is 2.47. The second-order valence-electron chi connectivity index (χ2n) is 5.94. The van der Waals surface area contributed by atoms with E-state index in [0.717, 1.165) is 13.0 Å². The number of piperidine rings is 1. The molecule has 2 N–H and O–H groups in total. The summed E-state index contributed by atoms with van der Waals surface area (Å²) in [5, 5.41) is 0. The molecule has 1 fully saturated rings. The molecule has 20 heavy (non-hydrogen) atoms. The quantitative estimate of drug-likeness (QED) is 0.896. The number of rotatable bonds is 5. The van der Waals surface area contributed by atoms with Gasteiger partial charge in [0.05, 0.1) is 0 Å². The van der Waals surface area contributed by atoms with Crippen LogP contribution in [0.3, 0.4) is 0 Å². The third-order valence-electron chi connectivity index (χ3n) is 4.63. The fraction of sp³-hybridized carbons (Fsp3) is 0.647. The fourth-order valence-corrected chi connectivity index (χ4v) is 3.26. The van der Waals surface area contributed by atoms with Crippen molar-refractivity contribution in [1.82, 2.24) is 4.90 Å². The first-order valence-electron chi connectivity index (χ1n) is 7.90. The maximum absolute atomic E-state index is 5.64. The first-order valence-corrected chi connectivity index (χ1v) is 7.90. The van der Waals surface area contributed by atoms with E-state index in [4.69, 9.17) is 5.73 Å². The molecular formula is C17H29N3. The molecule has 0 aliphatic carbocycles. The predicted octanol–water partition coefficient (Wildman–Crippen LogP) is 2.42. The third kappa shape index (κ3) is 3.53. The Morgan fingerprint density at radius 2 is 2.00 bits per heavy atom. The smallest absolute Gasteiger partial charge is 0.0396 e. The number of nitrogens with two attached hydrogens (primary N) is 1. The zero-order chi connectivity index (χ0) is 14.5. The van der Waals surface area contributed by atoms with Crippen molar-refractivity contribution in [2.75, 3.05) is 38.1 Å². The Balaban J connectivity index is 2.03. The Morgan fingerprint density at radius 1 is 1.30 bits per heavy atom. The van der Waals surface area contributed by atoms with E-state index in [9.17, 15) is 0 Å². The maximum Gasteiger partial charge on any atom is 0.0396 e. The molecule has 0 atom stereocenters. The van der Waals surface area contributed by atoms with Gasteiger partial charge < -0.3 is 15.5 Å². The number of likely N-dealkylation sites (tertiary alicyclic amines) is 1. The van der Waals surface area contributed by atoms with Crippen molar-refractivity contribution < 1.29 is 0 Å². The molecule has 0 spiro atoms. The highest BCUT2D eigenvalue weighted by atomic mass is 15.2. The SMILES string of the molecule is CCN1CCC(N(C)c2ccc(CCN)cc2C)CC1. The van der Waals surface area contributed by atoms with Crippen LogP contribution in [-0.2, 0) is 6.42 Å². The number of nitrogens with zero attached hydrogens (tertiary/aromatic N) is 2. The lowest BCUT2D eigenvalue weighted by Crippen LogP contribution is -2.43. The molecule has 2 rings (SSSR count). The summed E-state index contributed by atoms with van der Waals surface area (Å²) in [5.41, 5.74) is 9.73. The van der Waals surface area contributed by atoms with Gasteiger partial charge in [-0.15, -0.1) is 0 Å². The summed E-state index contributed by atoms with van der Waals surface area (Å²) < 4.78 is 0. The van der Waals surface area contributed by atoms with Crippen LogP contribution in [0.5, 0.6) is 0 Å².